The van der Waals surface area contributed by atoms with Crippen molar-refractivity contribution in [3.8, 4) is 11.4 Å². The summed E-state index contributed by atoms with van der Waals surface area (Å²) in [4.78, 5) is 17.8. The molecule has 31 heavy (non-hydrogen) atoms. The first kappa shape index (κ1) is 20.4. The van der Waals surface area contributed by atoms with Gasteiger partial charge < -0.3 is 4.74 Å². The molecule has 0 radical (unpaired) electrons. The molecule has 4 aromatic rings. The van der Waals surface area contributed by atoms with E-state index in [9.17, 15) is 18.0 Å². The average molecular weight is 422 g/mol. The van der Waals surface area contributed by atoms with Gasteiger partial charge in [0.05, 0.1) is 29.3 Å². The highest BCUT2D eigenvalue weighted by atomic mass is 19.4. The molecule has 4 nitrogen and oxygen atoms in total. The number of para-hydroxylation sites is 2. The highest BCUT2D eigenvalue weighted by molar-refractivity contribution is 5.80. The second kappa shape index (κ2) is 8.10. The Labute approximate surface area is 175 Å². The maximum absolute atomic E-state index is 13.3. The van der Waals surface area contributed by atoms with Crippen LogP contribution in [-0.4, -0.2) is 16.7 Å². The second-order valence-corrected chi connectivity index (χ2v) is 6.75. The molecule has 0 aliphatic heterocycles. The fraction of sp³-hybridized carbons (Fsp3) is 0.0833. The number of hydrogen-bond acceptors (Lipinski definition) is 3. The number of fused-ring (bicyclic) bond motifs is 1. The molecule has 0 saturated carbocycles. The quantitative estimate of drug-likeness (QED) is 0.431. The number of alkyl halides is 3. The van der Waals surface area contributed by atoms with E-state index >= 15 is 0 Å². The van der Waals surface area contributed by atoms with E-state index in [1.54, 1.807) is 49.6 Å². The lowest BCUT2D eigenvalue weighted by Gasteiger charge is -2.14. The van der Waals surface area contributed by atoms with Crippen molar-refractivity contribution in [2.24, 2.45) is 0 Å². The number of hydrogen-bond donors (Lipinski definition) is 0. The summed E-state index contributed by atoms with van der Waals surface area (Å²) < 4.78 is 46.3. The maximum Gasteiger partial charge on any atom is 0.416 e. The predicted molar refractivity (Wildman–Crippen MR) is 114 cm³/mol. The molecule has 0 saturated heterocycles. The molecule has 0 atom stereocenters. The molecule has 0 bridgehead atoms. The van der Waals surface area contributed by atoms with Crippen LogP contribution in [0.4, 0.5) is 13.2 Å². The third-order valence-corrected chi connectivity index (χ3v) is 4.78. The SMILES string of the molecule is COc1ccccc1C=Cc1nc2ccccc2c(=O)n1-c1cccc(C(F)(F)F)c1. The molecule has 1 heterocycles. The fourth-order valence-electron chi connectivity index (χ4n) is 3.30. The smallest absolute Gasteiger partial charge is 0.416 e. The third-order valence-electron chi connectivity index (χ3n) is 4.78. The molecule has 0 N–H and O–H groups in total. The zero-order valence-corrected chi connectivity index (χ0v) is 16.4. The summed E-state index contributed by atoms with van der Waals surface area (Å²) in [5, 5.41) is 0.314. The van der Waals surface area contributed by atoms with Crippen molar-refractivity contribution in [3.63, 3.8) is 0 Å². The summed E-state index contributed by atoms with van der Waals surface area (Å²) >= 11 is 0. The van der Waals surface area contributed by atoms with Gasteiger partial charge >= 0.3 is 6.18 Å². The minimum absolute atomic E-state index is 0.0813. The van der Waals surface area contributed by atoms with E-state index in [0.29, 0.717) is 16.7 Å². The van der Waals surface area contributed by atoms with Crippen LogP contribution in [0, 0.1) is 0 Å². The summed E-state index contributed by atoms with van der Waals surface area (Å²) in [6.45, 7) is 0. The lowest BCUT2D eigenvalue weighted by molar-refractivity contribution is -0.137. The Morgan fingerprint density at radius 2 is 1.68 bits per heavy atom. The number of halogens is 3. The summed E-state index contributed by atoms with van der Waals surface area (Å²) in [7, 11) is 1.54. The Balaban J connectivity index is 1.95. The van der Waals surface area contributed by atoms with E-state index in [4.69, 9.17) is 4.74 Å². The number of rotatable bonds is 4. The van der Waals surface area contributed by atoms with Crippen molar-refractivity contribution >= 4 is 23.1 Å². The summed E-state index contributed by atoms with van der Waals surface area (Å²) in [5.41, 5.74) is -0.0227. The van der Waals surface area contributed by atoms with Crippen LogP contribution in [-0.2, 0) is 6.18 Å². The zero-order chi connectivity index (χ0) is 22.0. The Morgan fingerprint density at radius 1 is 0.935 bits per heavy atom. The highest BCUT2D eigenvalue weighted by Crippen LogP contribution is 2.30. The highest BCUT2D eigenvalue weighted by Gasteiger charge is 2.30. The number of methoxy groups -OCH3 is 1. The van der Waals surface area contributed by atoms with Crippen LogP contribution in [0.1, 0.15) is 17.0 Å². The Morgan fingerprint density at radius 3 is 2.45 bits per heavy atom. The van der Waals surface area contributed by atoms with Gasteiger partial charge in [-0.25, -0.2) is 4.98 Å². The van der Waals surface area contributed by atoms with Crippen LogP contribution in [0.25, 0.3) is 28.7 Å². The van der Waals surface area contributed by atoms with E-state index in [1.807, 2.05) is 18.2 Å². The van der Waals surface area contributed by atoms with E-state index in [2.05, 4.69) is 4.98 Å². The molecule has 156 valence electrons. The topological polar surface area (TPSA) is 44.1 Å². The van der Waals surface area contributed by atoms with Crippen molar-refractivity contribution in [2.45, 2.75) is 6.18 Å². The maximum atomic E-state index is 13.3. The number of aromatic nitrogens is 2. The molecule has 0 fully saturated rings. The monoisotopic (exact) mass is 422 g/mol. The van der Waals surface area contributed by atoms with Gasteiger partial charge in [0.15, 0.2) is 0 Å². The molecular formula is C24H17F3N2O2. The van der Waals surface area contributed by atoms with Gasteiger partial charge in [0, 0.05) is 5.56 Å². The molecule has 0 amide bonds. The lowest BCUT2D eigenvalue weighted by Crippen LogP contribution is -2.22. The van der Waals surface area contributed by atoms with Gasteiger partial charge in [-0.05, 0) is 48.6 Å². The summed E-state index contributed by atoms with van der Waals surface area (Å²) in [6.07, 6.45) is -1.23. The normalized spacial score (nSPS) is 11.9. The second-order valence-electron chi connectivity index (χ2n) is 6.75. The van der Waals surface area contributed by atoms with Gasteiger partial charge in [0.1, 0.15) is 11.6 Å². The molecule has 1 aromatic heterocycles. The summed E-state index contributed by atoms with van der Waals surface area (Å²) in [6, 6.07) is 18.6. The molecule has 0 aliphatic carbocycles. The first-order valence-corrected chi connectivity index (χ1v) is 9.39. The Kier molecular flexibility index (Phi) is 5.33. The fourth-order valence-corrected chi connectivity index (χ4v) is 3.30. The van der Waals surface area contributed by atoms with Crippen molar-refractivity contribution in [1.29, 1.82) is 0 Å². The van der Waals surface area contributed by atoms with Crippen LogP contribution < -0.4 is 10.3 Å². The van der Waals surface area contributed by atoms with Gasteiger partial charge in [-0.3, -0.25) is 9.36 Å². The van der Waals surface area contributed by atoms with Gasteiger partial charge in [-0.1, -0.05) is 36.4 Å². The van der Waals surface area contributed by atoms with E-state index in [0.717, 1.165) is 17.7 Å². The van der Waals surface area contributed by atoms with Gasteiger partial charge in [-0.15, -0.1) is 0 Å². The van der Waals surface area contributed by atoms with Gasteiger partial charge in [-0.2, -0.15) is 13.2 Å². The van der Waals surface area contributed by atoms with Gasteiger partial charge in [0.25, 0.3) is 5.56 Å². The van der Waals surface area contributed by atoms with Crippen molar-refractivity contribution < 1.29 is 17.9 Å². The van der Waals surface area contributed by atoms with Crippen molar-refractivity contribution in [1.82, 2.24) is 9.55 Å². The molecule has 7 heteroatoms. The van der Waals surface area contributed by atoms with E-state index in [1.165, 1.54) is 16.7 Å². The van der Waals surface area contributed by atoms with Gasteiger partial charge in [0.2, 0.25) is 0 Å². The van der Waals surface area contributed by atoms with Crippen LogP contribution in [0.2, 0.25) is 0 Å². The molecule has 0 aliphatic rings. The lowest BCUT2D eigenvalue weighted by atomic mass is 10.1. The van der Waals surface area contributed by atoms with Crippen molar-refractivity contribution in [3.05, 3.63) is 100 Å². The average Bonchev–Trinajstić information content (AvgIpc) is 2.77. The molecule has 0 spiro atoms. The molecule has 0 unspecified atom stereocenters. The first-order chi connectivity index (χ1) is 14.9. The zero-order valence-electron chi connectivity index (χ0n) is 16.4. The number of ether oxygens (including phenoxy) is 1. The first-order valence-electron chi connectivity index (χ1n) is 9.39. The molecule has 3 aromatic carbocycles. The molecular weight excluding hydrogens is 405 g/mol. The minimum atomic E-state index is -4.53. The van der Waals surface area contributed by atoms with Crippen LogP contribution >= 0.6 is 0 Å². The van der Waals surface area contributed by atoms with Crippen LogP contribution in [0.5, 0.6) is 5.75 Å². The Bertz CT molecular complexity index is 1340. The van der Waals surface area contributed by atoms with E-state index < -0.39 is 17.3 Å². The summed E-state index contributed by atoms with van der Waals surface area (Å²) in [5.74, 6) is 0.821. The third kappa shape index (κ3) is 4.07. The molecule has 4 rings (SSSR count). The predicted octanol–water partition coefficient (Wildman–Crippen LogP) is 5.58. The van der Waals surface area contributed by atoms with E-state index in [-0.39, 0.29) is 11.5 Å². The van der Waals surface area contributed by atoms with Crippen LogP contribution in [0.3, 0.4) is 0 Å². The Hall–Kier alpha value is -3.87. The number of benzene rings is 3. The minimum Gasteiger partial charge on any atom is -0.496 e. The van der Waals surface area contributed by atoms with Crippen molar-refractivity contribution in [2.75, 3.05) is 7.11 Å². The standard InChI is InChI=1S/C24H17F3N2O2/c1-31-21-12-5-2-7-16(21)13-14-22-28-20-11-4-3-10-19(20)23(30)29(22)18-9-6-8-17(15-18)24(25,26)27/h2-15H,1H3. The largest absolute Gasteiger partial charge is 0.496 e. The van der Waals surface area contributed by atoms with Crippen LogP contribution in [0.15, 0.2) is 77.6 Å². The number of nitrogens with zero attached hydrogens (tertiary/aromatic N) is 2.